The maximum atomic E-state index is 5.65. The molecule has 0 radical (unpaired) electrons. The predicted octanol–water partition coefficient (Wildman–Crippen LogP) is 2.50. The Bertz CT molecular complexity index is 507. The Hall–Kier alpha value is -1.32. The largest absolute Gasteiger partial charge is 0.347 e. The van der Waals surface area contributed by atoms with E-state index in [-0.39, 0.29) is 0 Å². The van der Waals surface area contributed by atoms with Crippen LogP contribution in [0.25, 0.3) is 10.9 Å². The molecule has 104 valence electrons. The second-order valence-corrected chi connectivity index (χ2v) is 5.31. The third kappa shape index (κ3) is 2.82. The van der Waals surface area contributed by atoms with Crippen LogP contribution >= 0.6 is 0 Å². The van der Waals surface area contributed by atoms with Crippen molar-refractivity contribution >= 4 is 10.9 Å². The molecule has 1 aromatic carbocycles. The molecule has 0 unspecified atom stereocenters. The fraction of sp³-hybridized carbons (Fsp3) is 0.500. The summed E-state index contributed by atoms with van der Waals surface area (Å²) in [4.78, 5) is 0. The van der Waals surface area contributed by atoms with E-state index in [1.807, 2.05) is 0 Å². The fourth-order valence-electron chi connectivity index (χ4n) is 2.81. The van der Waals surface area contributed by atoms with E-state index in [9.17, 15) is 0 Å². The molecule has 2 rings (SSSR count). The Labute approximate surface area is 115 Å². The monoisotopic (exact) mass is 259 g/mol. The Balaban J connectivity index is 2.52. The van der Waals surface area contributed by atoms with Gasteiger partial charge in [0.25, 0.3) is 0 Å². The maximum Gasteiger partial charge on any atom is 0.0515 e. The van der Waals surface area contributed by atoms with Crippen molar-refractivity contribution < 1.29 is 0 Å². The molecule has 1 aromatic heterocycles. The summed E-state index contributed by atoms with van der Waals surface area (Å²) in [5, 5.41) is 1.42. The van der Waals surface area contributed by atoms with E-state index < -0.39 is 0 Å². The first-order chi connectivity index (χ1) is 9.19. The number of fused-ring (bicyclic) bond motifs is 1. The van der Waals surface area contributed by atoms with E-state index in [0.29, 0.717) is 0 Å². The minimum atomic E-state index is 0.739. The molecule has 0 bridgehead atoms. The molecule has 3 nitrogen and oxygen atoms in total. The second kappa shape index (κ2) is 6.22. The zero-order valence-electron chi connectivity index (χ0n) is 12.1. The topological polar surface area (TPSA) is 57.0 Å². The summed E-state index contributed by atoms with van der Waals surface area (Å²) in [7, 11) is 0. The molecular weight excluding hydrogens is 234 g/mol. The van der Waals surface area contributed by atoms with E-state index in [0.717, 1.165) is 38.9 Å². The molecule has 0 aliphatic heterocycles. The summed E-state index contributed by atoms with van der Waals surface area (Å²) < 4.78 is 2.37. The lowest BCUT2D eigenvalue weighted by molar-refractivity contribution is 0.667. The Kier molecular flexibility index (Phi) is 4.61. The van der Waals surface area contributed by atoms with Gasteiger partial charge in [-0.15, -0.1) is 0 Å². The summed E-state index contributed by atoms with van der Waals surface area (Å²) in [6.07, 6.45) is 5.43. The van der Waals surface area contributed by atoms with Crippen molar-refractivity contribution in [1.29, 1.82) is 0 Å². The third-order valence-corrected chi connectivity index (χ3v) is 3.76. The van der Waals surface area contributed by atoms with E-state index >= 15 is 0 Å². The van der Waals surface area contributed by atoms with Crippen LogP contribution in [0.5, 0.6) is 0 Å². The molecule has 4 N–H and O–H groups in total. The molecule has 2 aromatic rings. The van der Waals surface area contributed by atoms with Gasteiger partial charge >= 0.3 is 0 Å². The minimum Gasteiger partial charge on any atom is -0.347 e. The molecular formula is C16H25N3. The van der Waals surface area contributed by atoms with Gasteiger partial charge in [0.1, 0.15) is 0 Å². The molecule has 3 heteroatoms. The van der Waals surface area contributed by atoms with Gasteiger partial charge in [0, 0.05) is 18.1 Å². The van der Waals surface area contributed by atoms with E-state index in [1.165, 1.54) is 27.6 Å². The molecule has 0 saturated heterocycles. The molecule has 19 heavy (non-hydrogen) atoms. The number of hydrogen-bond acceptors (Lipinski definition) is 2. The summed E-state index contributed by atoms with van der Waals surface area (Å²) in [6, 6.07) is 4.43. The molecule has 0 amide bonds. The van der Waals surface area contributed by atoms with Crippen LogP contribution in [0.3, 0.4) is 0 Å². The maximum absolute atomic E-state index is 5.65. The molecule has 0 fully saturated rings. The summed E-state index contributed by atoms with van der Waals surface area (Å²) in [5.41, 5.74) is 16.8. The van der Waals surface area contributed by atoms with Crippen LogP contribution in [0.4, 0.5) is 0 Å². The van der Waals surface area contributed by atoms with Crippen LogP contribution in [-0.2, 0) is 13.0 Å². The van der Waals surface area contributed by atoms with Crippen molar-refractivity contribution in [3.05, 3.63) is 35.0 Å². The molecule has 1 heterocycles. The average molecular weight is 259 g/mol. The second-order valence-electron chi connectivity index (χ2n) is 5.31. The van der Waals surface area contributed by atoms with Gasteiger partial charge in [0.2, 0.25) is 0 Å². The van der Waals surface area contributed by atoms with Gasteiger partial charge in [0.05, 0.1) is 5.52 Å². The number of nitrogens with zero attached hydrogens (tertiary/aromatic N) is 1. The first-order valence-corrected chi connectivity index (χ1v) is 7.17. The van der Waals surface area contributed by atoms with E-state index in [2.05, 4.69) is 36.7 Å². The predicted molar refractivity (Wildman–Crippen MR) is 82.5 cm³/mol. The molecule has 0 atom stereocenters. The number of rotatable bonds is 6. The van der Waals surface area contributed by atoms with Gasteiger partial charge in [-0.1, -0.05) is 12.1 Å². The molecule has 0 aliphatic carbocycles. The van der Waals surface area contributed by atoms with Crippen LogP contribution in [0.1, 0.15) is 29.5 Å². The van der Waals surface area contributed by atoms with Gasteiger partial charge in [-0.3, -0.25) is 0 Å². The van der Waals surface area contributed by atoms with Crippen molar-refractivity contribution in [1.82, 2.24) is 4.57 Å². The van der Waals surface area contributed by atoms with Crippen LogP contribution in [0, 0.1) is 13.8 Å². The lowest BCUT2D eigenvalue weighted by Crippen LogP contribution is -2.05. The fourth-order valence-corrected chi connectivity index (χ4v) is 2.81. The van der Waals surface area contributed by atoms with Crippen molar-refractivity contribution in [3.63, 3.8) is 0 Å². The number of hydrogen-bond donors (Lipinski definition) is 2. The zero-order valence-corrected chi connectivity index (χ0v) is 12.1. The van der Waals surface area contributed by atoms with Crippen molar-refractivity contribution in [2.45, 2.75) is 39.7 Å². The summed E-state index contributed by atoms with van der Waals surface area (Å²) >= 11 is 0. The molecule has 0 saturated carbocycles. The lowest BCUT2D eigenvalue weighted by Gasteiger charge is -2.08. The van der Waals surface area contributed by atoms with Gasteiger partial charge < -0.3 is 16.0 Å². The van der Waals surface area contributed by atoms with Crippen LogP contribution in [-0.4, -0.2) is 17.7 Å². The van der Waals surface area contributed by atoms with Crippen molar-refractivity contribution in [2.24, 2.45) is 11.5 Å². The summed E-state index contributed by atoms with van der Waals surface area (Å²) in [5.74, 6) is 0. The van der Waals surface area contributed by atoms with Gasteiger partial charge in [-0.2, -0.15) is 0 Å². The van der Waals surface area contributed by atoms with Gasteiger partial charge in [0.15, 0.2) is 0 Å². The standard InChI is InChI=1S/C16H25N3/c1-12-6-7-13(2)16-15(12)14(5-3-8-17)11-19(16)10-4-9-18/h6-7,11H,3-5,8-10,17-18H2,1-2H3. The van der Waals surface area contributed by atoms with Crippen LogP contribution in [0.15, 0.2) is 18.3 Å². The summed E-state index contributed by atoms with van der Waals surface area (Å²) in [6.45, 7) is 6.87. The highest BCUT2D eigenvalue weighted by Gasteiger charge is 2.12. The van der Waals surface area contributed by atoms with Gasteiger partial charge in [-0.25, -0.2) is 0 Å². The Morgan fingerprint density at radius 2 is 1.68 bits per heavy atom. The zero-order chi connectivity index (χ0) is 13.8. The molecule has 0 spiro atoms. The highest BCUT2D eigenvalue weighted by Crippen LogP contribution is 2.28. The highest BCUT2D eigenvalue weighted by atomic mass is 15.0. The van der Waals surface area contributed by atoms with Gasteiger partial charge in [-0.05, 0) is 62.9 Å². The van der Waals surface area contributed by atoms with Crippen LogP contribution in [0.2, 0.25) is 0 Å². The minimum absolute atomic E-state index is 0.739. The highest BCUT2D eigenvalue weighted by molar-refractivity contribution is 5.89. The Morgan fingerprint density at radius 1 is 1.00 bits per heavy atom. The first kappa shape index (κ1) is 14.1. The third-order valence-electron chi connectivity index (χ3n) is 3.76. The normalized spacial score (nSPS) is 11.4. The number of benzene rings is 1. The number of nitrogens with two attached hydrogens (primary N) is 2. The SMILES string of the molecule is Cc1ccc(C)c2c1c(CCCN)cn2CCCN. The number of aryl methyl sites for hydroxylation is 4. The van der Waals surface area contributed by atoms with Crippen LogP contribution < -0.4 is 11.5 Å². The smallest absolute Gasteiger partial charge is 0.0515 e. The first-order valence-electron chi connectivity index (χ1n) is 7.17. The van der Waals surface area contributed by atoms with E-state index in [1.54, 1.807) is 0 Å². The number of aromatic nitrogens is 1. The molecule has 0 aliphatic rings. The van der Waals surface area contributed by atoms with Crippen molar-refractivity contribution in [2.75, 3.05) is 13.1 Å². The average Bonchev–Trinajstić information content (AvgIpc) is 2.78. The quantitative estimate of drug-likeness (QED) is 0.837. The lowest BCUT2D eigenvalue weighted by atomic mass is 10.0. The Morgan fingerprint density at radius 3 is 2.37 bits per heavy atom. The van der Waals surface area contributed by atoms with Crippen molar-refractivity contribution in [3.8, 4) is 0 Å². The van der Waals surface area contributed by atoms with E-state index in [4.69, 9.17) is 11.5 Å².